The van der Waals surface area contributed by atoms with Gasteiger partial charge in [-0.15, -0.1) is 0 Å². The quantitative estimate of drug-likeness (QED) is 0.626. The Labute approximate surface area is 186 Å². The Balaban J connectivity index is 1.57. The van der Waals surface area contributed by atoms with Gasteiger partial charge in [0.05, 0.1) is 11.1 Å². The maximum atomic E-state index is 13.1. The summed E-state index contributed by atoms with van der Waals surface area (Å²) in [5.41, 5.74) is 3.91. The summed E-state index contributed by atoms with van der Waals surface area (Å²) in [4.78, 5) is 28.0. The average molecular weight is 438 g/mol. The van der Waals surface area contributed by atoms with Gasteiger partial charge in [-0.25, -0.2) is 0 Å². The Morgan fingerprint density at radius 2 is 1.97 bits per heavy atom. The monoisotopic (exact) mass is 437 g/mol. The summed E-state index contributed by atoms with van der Waals surface area (Å²) in [5.74, 6) is 0.406. The van der Waals surface area contributed by atoms with Gasteiger partial charge >= 0.3 is 0 Å². The van der Waals surface area contributed by atoms with Gasteiger partial charge in [0.2, 0.25) is 5.91 Å². The molecule has 162 valence electrons. The second-order valence-electron chi connectivity index (χ2n) is 8.20. The minimum atomic E-state index is -0.644. The van der Waals surface area contributed by atoms with Gasteiger partial charge in [-0.3, -0.25) is 9.59 Å². The molecule has 1 saturated heterocycles. The number of thiophene rings is 1. The smallest absolute Gasteiger partial charge is 0.259 e. The molecule has 1 aliphatic rings. The Kier molecular flexibility index (Phi) is 5.96. The number of likely N-dealkylation sites (tertiary alicyclic amines) is 1. The first-order valence-electron chi connectivity index (χ1n) is 10.6. The maximum absolute atomic E-state index is 13.1. The lowest BCUT2D eigenvalue weighted by Gasteiger charge is -2.28. The molecular formula is C24H27N3O3S. The third-order valence-corrected chi connectivity index (χ3v) is 6.74. The number of aryl methyl sites for hydroxylation is 2. The van der Waals surface area contributed by atoms with Gasteiger partial charge in [-0.05, 0) is 67.1 Å². The lowest BCUT2D eigenvalue weighted by atomic mass is 9.79. The van der Waals surface area contributed by atoms with E-state index in [9.17, 15) is 9.59 Å². The molecule has 31 heavy (non-hydrogen) atoms. The van der Waals surface area contributed by atoms with Crippen LogP contribution in [-0.2, 0) is 11.2 Å². The first-order chi connectivity index (χ1) is 14.9. The molecule has 3 aromatic rings. The Morgan fingerprint density at radius 1 is 1.19 bits per heavy atom. The molecule has 1 atom stereocenters. The third-order valence-electron chi connectivity index (χ3n) is 6.06. The number of nitrogens with zero attached hydrogens (tertiary/aromatic N) is 2. The number of carbonyl (C=O) groups is 2. The van der Waals surface area contributed by atoms with Crippen molar-refractivity contribution in [2.75, 3.05) is 19.6 Å². The number of carbonyl (C=O) groups excluding carboxylic acids is 2. The number of amides is 2. The molecule has 4 rings (SSSR count). The van der Waals surface area contributed by atoms with E-state index in [4.69, 9.17) is 4.52 Å². The van der Waals surface area contributed by atoms with Crippen molar-refractivity contribution in [3.05, 3.63) is 63.7 Å². The van der Waals surface area contributed by atoms with Crippen LogP contribution >= 0.6 is 11.3 Å². The van der Waals surface area contributed by atoms with E-state index in [0.29, 0.717) is 49.5 Å². The average Bonchev–Trinajstić information content (AvgIpc) is 3.50. The van der Waals surface area contributed by atoms with Gasteiger partial charge in [0.15, 0.2) is 0 Å². The number of hydrogen-bond acceptors (Lipinski definition) is 5. The molecule has 7 heteroatoms. The van der Waals surface area contributed by atoms with Crippen LogP contribution in [-0.4, -0.2) is 41.5 Å². The summed E-state index contributed by atoms with van der Waals surface area (Å²) < 4.78 is 5.18. The van der Waals surface area contributed by atoms with Crippen molar-refractivity contribution in [1.29, 1.82) is 0 Å². The number of aromatic nitrogens is 1. The lowest BCUT2D eigenvalue weighted by Crippen LogP contribution is -2.45. The number of nitrogens with one attached hydrogen (secondary N) is 1. The van der Waals surface area contributed by atoms with E-state index >= 15 is 0 Å². The predicted molar refractivity (Wildman–Crippen MR) is 121 cm³/mol. The summed E-state index contributed by atoms with van der Waals surface area (Å²) in [7, 11) is 0. The zero-order chi connectivity index (χ0) is 22.0. The largest absolute Gasteiger partial charge is 0.361 e. The fourth-order valence-corrected chi connectivity index (χ4v) is 5.05. The van der Waals surface area contributed by atoms with Crippen molar-refractivity contribution in [1.82, 2.24) is 15.4 Å². The van der Waals surface area contributed by atoms with Crippen LogP contribution in [0.5, 0.6) is 0 Å². The SMILES string of the molecule is CCNC(=O)[C@]1(Cc2ccc(-c3ccsc3)cc2)CCN(C(=O)c2c(C)noc2C)C1. The Hall–Kier alpha value is -2.93. The zero-order valence-corrected chi connectivity index (χ0v) is 18.9. The van der Waals surface area contributed by atoms with E-state index < -0.39 is 5.41 Å². The van der Waals surface area contributed by atoms with Gasteiger partial charge in [-0.1, -0.05) is 29.4 Å². The van der Waals surface area contributed by atoms with Gasteiger partial charge in [-0.2, -0.15) is 11.3 Å². The van der Waals surface area contributed by atoms with Crippen molar-refractivity contribution in [2.45, 2.75) is 33.6 Å². The lowest BCUT2D eigenvalue weighted by molar-refractivity contribution is -0.130. The van der Waals surface area contributed by atoms with E-state index in [-0.39, 0.29) is 11.8 Å². The van der Waals surface area contributed by atoms with Crippen LogP contribution in [0.3, 0.4) is 0 Å². The molecule has 0 saturated carbocycles. The fourth-order valence-electron chi connectivity index (χ4n) is 4.38. The minimum Gasteiger partial charge on any atom is -0.361 e. The molecule has 2 amide bonds. The molecule has 0 radical (unpaired) electrons. The van der Waals surface area contributed by atoms with Gasteiger partial charge in [0.1, 0.15) is 11.3 Å². The molecule has 6 nitrogen and oxygen atoms in total. The minimum absolute atomic E-state index is 0.00553. The molecule has 3 heterocycles. The molecular weight excluding hydrogens is 410 g/mol. The highest BCUT2D eigenvalue weighted by Gasteiger charge is 2.46. The molecule has 0 spiro atoms. The van der Waals surface area contributed by atoms with Crippen LogP contribution in [0.4, 0.5) is 0 Å². The second kappa shape index (κ2) is 8.67. The fraction of sp³-hybridized carbons (Fsp3) is 0.375. The van der Waals surface area contributed by atoms with Crippen LogP contribution in [0.15, 0.2) is 45.6 Å². The number of benzene rings is 1. The third kappa shape index (κ3) is 4.14. The first kappa shape index (κ1) is 21.3. The second-order valence-corrected chi connectivity index (χ2v) is 8.98. The molecule has 1 N–H and O–H groups in total. The van der Waals surface area contributed by atoms with E-state index in [2.05, 4.69) is 51.6 Å². The van der Waals surface area contributed by atoms with E-state index in [0.717, 1.165) is 5.56 Å². The maximum Gasteiger partial charge on any atom is 0.259 e. The highest BCUT2D eigenvalue weighted by molar-refractivity contribution is 7.08. The van der Waals surface area contributed by atoms with Crippen molar-refractivity contribution >= 4 is 23.2 Å². The van der Waals surface area contributed by atoms with Crippen LogP contribution in [0, 0.1) is 19.3 Å². The van der Waals surface area contributed by atoms with Gasteiger partial charge < -0.3 is 14.7 Å². The Bertz CT molecular complexity index is 1050. The van der Waals surface area contributed by atoms with Crippen LogP contribution in [0.2, 0.25) is 0 Å². The number of rotatable bonds is 6. The van der Waals surface area contributed by atoms with E-state index in [1.807, 2.05) is 6.92 Å². The molecule has 2 aromatic heterocycles. The summed E-state index contributed by atoms with van der Waals surface area (Å²) in [6, 6.07) is 10.5. The summed E-state index contributed by atoms with van der Waals surface area (Å²) in [6.45, 7) is 6.92. The summed E-state index contributed by atoms with van der Waals surface area (Å²) in [5, 5.41) is 11.1. The van der Waals surface area contributed by atoms with Gasteiger partial charge in [0, 0.05) is 19.6 Å². The van der Waals surface area contributed by atoms with E-state index in [1.54, 1.807) is 30.1 Å². The zero-order valence-electron chi connectivity index (χ0n) is 18.1. The molecule has 0 aliphatic carbocycles. The van der Waals surface area contributed by atoms with Gasteiger partial charge in [0.25, 0.3) is 5.91 Å². The van der Waals surface area contributed by atoms with Crippen molar-refractivity contribution in [3.63, 3.8) is 0 Å². The topological polar surface area (TPSA) is 75.4 Å². The highest BCUT2D eigenvalue weighted by Crippen LogP contribution is 2.36. The molecule has 1 aromatic carbocycles. The van der Waals surface area contributed by atoms with Crippen molar-refractivity contribution in [3.8, 4) is 11.1 Å². The molecule has 0 unspecified atom stereocenters. The van der Waals surface area contributed by atoms with Crippen molar-refractivity contribution in [2.24, 2.45) is 5.41 Å². The first-order valence-corrected chi connectivity index (χ1v) is 11.5. The van der Waals surface area contributed by atoms with Crippen LogP contribution in [0.25, 0.3) is 11.1 Å². The van der Waals surface area contributed by atoms with E-state index in [1.165, 1.54) is 11.1 Å². The van der Waals surface area contributed by atoms with Crippen LogP contribution < -0.4 is 5.32 Å². The molecule has 1 fully saturated rings. The standard InChI is InChI=1S/C24H27N3O3S/c1-4-25-23(29)24(13-18-5-7-19(8-6-18)20-9-12-31-14-20)10-11-27(15-24)22(28)21-16(2)26-30-17(21)3/h5-9,12,14H,4,10-11,13,15H2,1-3H3,(H,25,29)/t24-/m0/s1. The summed E-state index contributed by atoms with van der Waals surface area (Å²) in [6.07, 6.45) is 1.22. The summed E-state index contributed by atoms with van der Waals surface area (Å²) >= 11 is 1.68. The van der Waals surface area contributed by atoms with Crippen molar-refractivity contribution < 1.29 is 14.1 Å². The Morgan fingerprint density at radius 3 is 2.58 bits per heavy atom. The predicted octanol–water partition coefficient (Wildman–Crippen LogP) is 4.23. The normalized spacial score (nSPS) is 18.4. The number of hydrogen-bond donors (Lipinski definition) is 1. The molecule has 1 aliphatic heterocycles. The van der Waals surface area contributed by atoms with Crippen LogP contribution in [0.1, 0.15) is 40.7 Å². The molecule has 0 bridgehead atoms. The highest BCUT2D eigenvalue weighted by atomic mass is 32.1.